The van der Waals surface area contributed by atoms with Crippen LogP contribution in [0.5, 0.6) is 0 Å². The van der Waals surface area contributed by atoms with Crippen LogP contribution in [0.25, 0.3) is 11.3 Å². The van der Waals surface area contributed by atoms with Crippen molar-refractivity contribution in [3.63, 3.8) is 0 Å². The fourth-order valence-electron chi connectivity index (χ4n) is 1.76. The lowest BCUT2D eigenvalue weighted by Crippen LogP contribution is -1.94. The molecule has 0 aliphatic rings. The molecular weight excluding hydrogens is 252 g/mol. The molecule has 4 nitrogen and oxygen atoms in total. The van der Waals surface area contributed by atoms with Gasteiger partial charge in [-0.15, -0.1) is 0 Å². The smallest absolute Gasteiger partial charge is 0.258 e. The Morgan fingerprint density at radius 2 is 2.00 bits per heavy atom. The Morgan fingerprint density at radius 3 is 2.67 bits per heavy atom. The van der Waals surface area contributed by atoms with Crippen molar-refractivity contribution >= 4 is 17.3 Å². The van der Waals surface area contributed by atoms with Crippen LogP contribution in [0.3, 0.4) is 0 Å². The van der Waals surface area contributed by atoms with Gasteiger partial charge in [0, 0.05) is 11.6 Å². The molecule has 0 saturated heterocycles. The standard InChI is InChI=1S/C13H11ClN2O2/c1-8-4-3-5-11(9(8)2)12-6-10(16(17)18)7-13(14)15-12/h3-7H,1-2H3. The highest BCUT2D eigenvalue weighted by Crippen LogP contribution is 2.28. The number of nitro groups is 1. The minimum Gasteiger partial charge on any atom is -0.258 e. The summed E-state index contributed by atoms with van der Waals surface area (Å²) < 4.78 is 0. The summed E-state index contributed by atoms with van der Waals surface area (Å²) in [6.45, 7) is 3.94. The number of pyridine rings is 1. The van der Waals surface area contributed by atoms with Gasteiger partial charge in [-0.1, -0.05) is 29.8 Å². The van der Waals surface area contributed by atoms with Gasteiger partial charge >= 0.3 is 0 Å². The van der Waals surface area contributed by atoms with Gasteiger partial charge in [0.05, 0.1) is 16.7 Å². The van der Waals surface area contributed by atoms with Gasteiger partial charge in [-0.25, -0.2) is 4.98 Å². The first-order valence-electron chi connectivity index (χ1n) is 5.37. The molecule has 5 heteroatoms. The molecule has 0 bridgehead atoms. The van der Waals surface area contributed by atoms with Gasteiger partial charge in [0.25, 0.3) is 5.69 Å². The molecule has 92 valence electrons. The molecule has 0 N–H and O–H groups in total. The Kier molecular flexibility index (Phi) is 3.30. The maximum absolute atomic E-state index is 10.8. The van der Waals surface area contributed by atoms with Gasteiger partial charge in [-0.3, -0.25) is 10.1 Å². The maximum atomic E-state index is 10.8. The molecule has 18 heavy (non-hydrogen) atoms. The van der Waals surface area contributed by atoms with E-state index in [1.54, 1.807) is 0 Å². The number of aromatic nitrogens is 1. The van der Waals surface area contributed by atoms with Crippen molar-refractivity contribution in [3.8, 4) is 11.3 Å². The van der Waals surface area contributed by atoms with Crippen LogP contribution in [0.4, 0.5) is 5.69 Å². The van der Waals surface area contributed by atoms with Crippen LogP contribution in [0.15, 0.2) is 30.3 Å². The summed E-state index contributed by atoms with van der Waals surface area (Å²) in [5.74, 6) is 0. The summed E-state index contributed by atoms with van der Waals surface area (Å²) in [6.07, 6.45) is 0. The van der Waals surface area contributed by atoms with Crippen molar-refractivity contribution in [1.29, 1.82) is 0 Å². The molecule has 0 saturated carbocycles. The molecule has 0 spiro atoms. The van der Waals surface area contributed by atoms with E-state index in [0.29, 0.717) is 5.69 Å². The minimum absolute atomic E-state index is 0.0501. The van der Waals surface area contributed by atoms with Crippen LogP contribution in [0.1, 0.15) is 11.1 Å². The predicted octanol–water partition coefficient (Wildman–Crippen LogP) is 3.93. The van der Waals surface area contributed by atoms with E-state index in [-0.39, 0.29) is 10.8 Å². The van der Waals surface area contributed by atoms with Crippen LogP contribution < -0.4 is 0 Å². The summed E-state index contributed by atoms with van der Waals surface area (Å²) in [7, 11) is 0. The average molecular weight is 263 g/mol. The van der Waals surface area contributed by atoms with Gasteiger partial charge in [0.2, 0.25) is 0 Å². The Balaban J connectivity index is 2.64. The van der Waals surface area contributed by atoms with Crippen LogP contribution in [0, 0.1) is 24.0 Å². The van der Waals surface area contributed by atoms with E-state index in [9.17, 15) is 10.1 Å². The number of hydrogen-bond acceptors (Lipinski definition) is 3. The number of rotatable bonds is 2. The molecule has 0 aliphatic carbocycles. The van der Waals surface area contributed by atoms with Crippen molar-refractivity contribution in [2.45, 2.75) is 13.8 Å². The largest absolute Gasteiger partial charge is 0.274 e. The van der Waals surface area contributed by atoms with Crippen molar-refractivity contribution in [1.82, 2.24) is 4.98 Å². The Bertz CT molecular complexity index is 626. The zero-order valence-corrected chi connectivity index (χ0v) is 10.7. The summed E-state index contributed by atoms with van der Waals surface area (Å²) >= 11 is 5.82. The molecular formula is C13H11ClN2O2. The molecule has 1 aromatic carbocycles. The predicted molar refractivity (Wildman–Crippen MR) is 70.8 cm³/mol. The third-order valence-electron chi connectivity index (χ3n) is 2.87. The van der Waals surface area contributed by atoms with E-state index in [0.717, 1.165) is 16.7 Å². The molecule has 0 fully saturated rings. The van der Waals surface area contributed by atoms with Crippen LogP contribution in [-0.2, 0) is 0 Å². The fourth-order valence-corrected chi connectivity index (χ4v) is 1.96. The van der Waals surface area contributed by atoms with E-state index >= 15 is 0 Å². The topological polar surface area (TPSA) is 56.0 Å². The second-order valence-corrected chi connectivity index (χ2v) is 4.43. The number of hydrogen-bond donors (Lipinski definition) is 0. The van der Waals surface area contributed by atoms with E-state index < -0.39 is 4.92 Å². The molecule has 0 atom stereocenters. The van der Waals surface area contributed by atoms with E-state index in [1.165, 1.54) is 12.1 Å². The average Bonchev–Trinajstić information content (AvgIpc) is 2.31. The second kappa shape index (κ2) is 4.74. The summed E-state index contributed by atoms with van der Waals surface area (Å²) in [5, 5.41) is 10.9. The molecule has 1 heterocycles. The zero-order chi connectivity index (χ0) is 13.3. The van der Waals surface area contributed by atoms with Gasteiger partial charge in [-0.2, -0.15) is 0 Å². The third kappa shape index (κ3) is 2.33. The second-order valence-electron chi connectivity index (χ2n) is 4.04. The monoisotopic (exact) mass is 262 g/mol. The summed E-state index contributed by atoms with van der Waals surface area (Å²) in [4.78, 5) is 14.5. The molecule has 0 amide bonds. The zero-order valence-electron chi connectivity index (χ0n) is 9.98. The van der Waals surface area contributed by atoms with Gasteiger partial charge in [0.1, 0.15) is 5.15 Å². The molecule has 0 unspecified atom stereocenters. The first kappa shape index (κ1) is 12.5. The number of halogens is 1. The SMILES string of the molecule is Cc1cccc(-c2cc([N+](=O)[O-])cc(Cl)n2)c1C. The van der Waals surface area contributed by atoms with Crippen LogP contribution in [-0.4, -0.2) is 9.91 Å². The van der Waals surface area contributed by atoms with Crippen molar-refractivity contribution in [2.75, 3.05) is 0 Å². The van der Waals surface area contributed by atoms with Crippen molar-refractivity contribution < 1.29 is 4.92 Å². The van der Waals surface area contributed by atoms with Crippen molar-refractivity contribution in [3.05, 3.63) is 56.7 Å². The highest BCUT2D eigenvalue weighted by molar-refractivity contribution is 6.29. The molecule has 0 radical (unpaired) electrons. The molecule has 2 rings (SSSR count). The Labute approximate surface area is 109 Å². The third-order valence-corrected chi connectivity index (χ3v) is 3.06. The first-order chi connectivity index (χ1) is 8.49. The quantitative estimate of drug-likeness (QED) is 0.468. The van der Waals surface area contributed by atoms with Crippen molar-refractivity contribution in [2.24, 2.45) is 0 Å². The van der Waals surface area contributed by atoms with E-state index in [1.807, 2.05) is 32.0 Å². The number of benzene rings is 1. The fraction of sp³-hybridized carbons (Fsp3) is 0.154. The molecule has 1 aromatic heterocycles. The number of aryl methyl sites for hydroxylation is 1. The lowest BCUT2D eigenvalue weighted by Gasteiger charge is -2.08. The van der Waals surface area contributed by atoms with Crippen LogP contribution >= 0.6 is 11.6 Å². The van der Waals surface area contributed by atoms with Gasteiger partial charge in [0.15, 0.2) is 0 Å². The highest BCUT2D eigenvalue weighted by Gasteiger charge is 2.13. The van der Waals surface area contributed by atoms with Gasteiger partial charge in [-0.05, 0) is 25.0 Å². The summed E-state index contributed by atoms with van der Waals surface area (Å²) in [5.41, 5.74) is 3.49. The first-order valence-corrected chi connectivity index (χ1v) is 5.75. The molecule has 0 aliphatic heterocycles. The van der Waals surface area contributed by atoms with E-state index in [2.05, 4.69) is 4.98 Å². The maximum Gasteiger partial charge on any atom is 0.274 e. The number of nitrogens with zero attached hydrogens (tertiary/aromatic N) is 2. The summed E-state index contributed by atoms with van der Waals surface area (Å²) in [6, 6.07) is 8.44. The lowest BCUT2D eigenvalue weighted by molar-refractivity contribution is -0.384. The minimum atomic E-state index is -0.470. The van der Waals surface area contributed by atoms with Crippen LogP contribution in [0.2, 0.25) is 5.15 Å². The van der Waals surface area contributed by atoms with E-state index in [4.69, 9.17) is 11.6 Å². The normalized spacial score (nSPS) is 10.4. The Morgan fingerprint density at radius 1 is 1.28 bits per heavy atom. The highest BCUT2D eigenvalue weighted by atomic mass is 35.5. The Hall–Kier alpha value is -1.94. The lowest BCUT2D eigenvalue weighted by atomic mass is 10.0. The molecule has 2 aromatic rings. The van der Waals surface area contributed by atoms with Gasteiger partial charge < -0.3 is 0 Å².